The number of hydrogen-bond acceptors (Lipinski definition) is 6. The Bertz CT molecular complexity index is 1060. The van der Waals surface area contributed by atoms with Crippen molar-refractivity contribution in [3.05, 3.63) is 65.8 Å². The second kappa shape index (κ2) is 9.37. The Hall–Kier alpha value is -3.76. The maximum Gasteiger partial charge on any atom is 0.418 e. The van der Waals surface area contributed by atoms with Crippen molar-refractivity contribution < 1.29 is 36.4 Å². The van der Waals surface area contributed by atoms with Crippen molar-refractivity contribution in [2.75, 3.05) is 11.9 Å². The first-order chi connectivity index (χ1) is 14.7. The molecule has 0 aliphatic rings. The number of nitrogens with zero attached hydrogens (tertiary/aromatic N) is 2. The Morgan fingerprint density at radius 3 is 2.48 bits per heavy atom. The minimum atomic E-state index is -4.64. The number of para-hydroxylation sites is 1. The highest BCUT2D eigenvalue weighted by atomic mass is 19.4. The van der Waals surface area contributed by atoms with Crippen LogP contribution >= 0.6 is 0 Å². The van der Waals surface area contributed by atoms with Gasteiger partial charge in [-0.1, -0.05) is 17.3 Å². The van der Waals surface area contributed by atoms with Crippen LogP contribution in [0, 0.1) is 5.82 Å². The van der Waals surface area contributed by atoms with Gasteiger partial charge in [0.15, 0.2) is 6.61 Å². The van der Waals surface area contributed by atoms with Crippen molar-refractivity contribution in [3.63, 3.8) is 0 Å². The zero-order chi connectivity index (χ0) is 22.4. The quantitative estimate of drug-likeness (QED) is 0.444. The van der Waals surface area contributed by atoms with Gasteiger partial charge in [-0.3, -0.25) is 9.59 Å². The third-order valence-electron chi connectivity index (χ3n) is 3.98. The van der Waals surface area contributed by atoms with Gasteiger partial charge in [-0.15, -0.1) is 0 Å². The molecule has 0 fully saturated rings. The standard InChI is InChI=1S/C20H15F4N3O4/c21-13-7-5-12(6-8-13)19-26-17(31-27-19)9-10-18(29)30-11-16(28)25-15-4-2-1-3-14(15)20(22,23)24/h1-8H,9-11H2,(H,25,28). The van der Waals surface area contributed by atoms with E-state index in [1.807, 2.05) is 0 Å². The number of halogens is 4. The van der Waals surface area contributed by atoms with Crippen LogP contribution in [0.3, 0.4) is 0 Å². The number of benzene rings is 2. The van der Waals surface area contributed by atoms with E-state index in [9.17, 15) is 27.2 Å². The molecule has 0 aliphatic carbocycles. The number of ether oxygens (including phenoxy) is 1. The molecule has 0 atom stereocenters. The molecule has 3 rings (SSSR count). The van der Waals surface area contributed by atoms with Gasteiger partial charge in [0, 0.05) is 12.0 Å². The van der Waals surface area contributed by atoms with E-state index in [2.05, 4.69) is 15.5 Å². The molecule has 11 heteroatoms. The molecule has 0 aliphatic heterocycles. The predicted octanol–water partition coefficient (Wildman–Crippen LogP) is 4.01. The average molecular weight is 437 g/mol. The van der Waals surface area contributed by atoms with Crippen molar-refractivity contribution in [2.24, 2.45) is 0 Å². The van der Waals surface area contributed by atoms with Crippen molar-refractivity contribution in [2.45, 2.75) is 19.0 Å². The highest BCUT2D eigenvalue weighted by Crippen LogP contribution is 2.34. The van der Waals surface area contributed by atoms with Crippen LogP contribution in [0.15, 0.2) is 53.1 Å². The first-order valence-corrected chi connectivity index (χ1v) is 8.92. The van der Waals surface area contributed by atoms with Crippen molar-refractivity contribution in [1.29, 1.82) is 0 Å². The second-order valence-corrected chi connectivity index (χ2v) is 6.27. The summed E-state index contributed by atoms with van der Waals surface area (Å²) in [5.74, 6) is -1.77. The van der Waals surface area contributed by atoms with Crippen LogP contribution in [0.1, 0.15) is 17.9 Å². The van der Waals surface area contributed by atoms with Crippen LogP contribution in [0.5, 0.6) is 0 Å². The van der Waals surface area contributed by atoms with E-state index >= 15 is 0 Å². The lowest BCUT2D eigenvalue weighted by Gasteiger charge is -2.13. The molecular formula is C20H15F4N3O4. The number of nitrogens with one attached hydrogen (secondary N) is 1. The number of esters is 1. The van der Waals surface area contributed by atoms with Crippen molar-refractivity contribution >= 4 is 17.6 Å². The minimum Gasteiger partial charge on any atom is -0.456 e. The summed E-state index contributed by atoms with van der Waals surface area (Å²) >= 11 is 0. The molecule has 1 amide bonds. The molecule has 0 saturated heterocycles. The van der Waals surface area contributed by atoms with E-state index < -0.39 is 41.7 Å². The Kier molecular flexibility index (Phi) is 6.63. The summed E-state index contributed by atoms with van der Waals surface area (Å²) in [6, 6.07) is 9.85. The van der Waals surface area contributed by atoms with Gasteiger partial charge in [0.05, 0.1) is 17.7 Å². The molecule has 2 aromatic carbocycles. The van der Waals surface area contributed by atoms with Gasteiger partial charge in [-0.25, -0.2) is 4.39 Å². The predicted molar refractivity (Wildman–Crippen MR) is 99.0 cm³/mol. The number of aromatic nitrogens is 2. The molecule has 1 aromatic heterocycles. The maximum absolute atomic E-state index is 12.9. The third kappa shape index (κ3) is 6.11. The summed E-state index contributed by atoms with van der Waals surface area (Å²) in [5.41, 5.74) is -0.923. The summed E-state index contributed by atoms with van der Waals surface area (Å²) < 4.78 is 61.5. The summed E-state index contributed by atoms with van der Waals surface area (Å²) in [5, 5.41) is 5.79. The van der Waals surface area contributed by atoms with Crippen LogP contribution in [0.25, 0.3) is 11.4 Å². The Morgan fingerprint density at radius 1 is 1.06 bits per heavy atom. The van der Waals surface area contributed by atoms with Crippen LogP contribution in [0.4, 0.5) is 23.2 Å². The fraction of sp³-hybridized carbons (Fsp3) is 0.200. The number of carbonyl (C=O) groups is 2. The SMILES string of the molecule is O=C(COC(=O)CCc1nc(-c2ccc(F)cc2)no1)Nc1ccccc1C(F)(F)F. The maximum atomic E-state index is 12.9. The first-order valence-electron chi connectivity index (χ1n) is 8.92. The number of aryl methyl sites for hydroxylation is 1. The monoisotopic (exact) mass is 437 g/mol. The van der Waals surface area contributed by atoms with Gasteiger partial charge in [0.1, 0.15) is 5.82 Å². The van der Waals surface area contributed by atoms with Gasteiger partial charge in [-0.05, 0) is 36.4 Å². The van der Waals surface area contributed by atoms with Gasteiger partial charge in [0.25, 0.3) is 5.91 Å². The number of anilines is 1. The number of alkyl halides is 3. The largest absolute Gasteiger partial charge is 0.456 e. The number of rotatable bonds is 7. The summed E-state index contributed by atoms with van der Waals surface area (Å²) in [4.78, 5) is 27.7. The molecule has 1 N–H and O–H groups in total. The van der Waals surface area contributed by atoms with E-state index in [0.717, 1.165) is 12.1 Å². The third-order valence-corrected chi connectivity index (χ3v) is 3.98. The Morgan fingerprint density at radius 2 is 1.77 bits per heavy atom. The number of carbonyl (C=O) groups excluding carboxylic acids is 2. The van der Waals surface area contributed by atoms with E-state index in [1.54, 1.807) is 0 Å². The molecule has 0 saturated carbocycles. The topological polar surface area (TPSA) is 94.3 Å². The van der Waals surface area contributed by atoms with E-state index in [4.69, 9.17) is 9.26 Å². The lowest BCUT2D eigenvalue weighted by Crippen LogP contribution is -2.22. The molecule has 31 heavy (non-hydrogen) atoms. The van der Waals surface area contributed by atoms with Crippen molar-refractivity contribution in [3.8, 4) is 11.4 Å². The number of hydrogen-bond donors (Lipinski definition) is 1. The zero-order valence-electron chi connectivity index (χ0n) is 15.8. The smallest absolute Gasteiger partial charge is 0.418 e. The molecule has 0 unspecified atom stereocenters. The molecule has 1 heterocycles. The summed E-state index contributed by atoms with van der Waals surface area (Å²) in [6.45, 7) is -0.754. The van der Waals surface area contributed by atoms with E-state index in [1.165, 1.54) is 36.4 Å². The van der Waals surface area contributed by atoms with Crippen LogP contribution < -0.4 is 5.32 Å². The molecule has 3 aromatic rings. The molecule has 0 spiro atoms. The van der Waals surface area contributed by atoms with Gasteiger partial charge in [-0.2, -0.15) is 18.2 Å². The van der Waals surface area contributed by atoms with Gasteiger partial charge >= 0.3 is 12.1 Å². The van der Waals surface area contributed by atoms with Gasteiger partial charge in [0.2, 0.25) is 11.7 Å². The molecule has 0 radical (unpaired) electrons. The fourth-order valence-corrected chi connectivity index (χ4v) is 2.53. The average Bonchev–Trinajstić information content (AvgIpc) is 3.20. The minimum absolute atomic E-state index is 0.0194. The van der Waals surface area contributed by atoms with Crippen molar-refractivity contribution in [1.82, 2.24) is 10.1 Å². The van der Waals surface area contributed by atoms with E-state index in [0.29, 0.717) is 5.56 Å². The van der Waals surface area contributed by atoms with E-state index in [-0.39, 0.29) is 24.6 Å². The van der Waals surface area contributed by atoms with Crippen LogP contribution in [-0.2, 0) is 26.9 Å². The molecule has 162 valence electrons. The highest BCUT2D eigenvalue weighted by Gasteiger charge is 2.33. The normalized spacial score (nSPS) is 11.2. The molecule has 0 bridgehead atoms. The second-order valence-electron chi connectivity index (χ2n) is 6.27. The highest BCUT2D eigenvalue weighted by molar-refractivity contribution is 5.93. The van der Waals surface area contributed by atoms with Crippen LogP contribution in [0.2, 0.25) is 0 Å². The van der Waals surface area contributed by atoms with Crippen LogP contribution in [-0.4, -0.2) is 28.6 Å². The Balaban J connectivity index is 1.47. The lowest BCUT2D eigenvalue weighted by molar-refractivity contribution is -0.147. The molecular weight excluding hydrogens is 422 g/mol. The van der Waals surface area contributed by atoms with Gasteiger partial charge < -0.3 is 14.6 Å². The zero-order valence-corrected chi connectivity index (χ0v) is 15.8. The Labute approximate surface area is 173 Å². The first kappa shape index (κ1) is 21.9. The summed E-state index contributed by atoms with van der Waals surface area (Å²) in [7, 11) is 0. The fourth-order valence-electron chi connectivity index (χ4n) is 2.53. The molecule has 7 nitrogen and oxygen atoms in total. The lowest BCUT2D eigenvalue weighted by atomic mass is 10.1. The summed E-state index contributed by atoms with van der Waals surface area (Å²) in [6.07, 6.45) is -4.82. The number of amides is 1.